The fourth-order valence-corrected chi connectivity index (χ4v) is 5.26. The first-order valence-corrected chi connectivity index (χ1v) is 11.5. The first-order chi connectivity index (χ1) is 16.3. The Labute approximate surface area is 205 Å². The summed E-state index contributed by atoms with van der Waals surface area (Å²) in [4.78, 5) is 0. The highest BCUT2D eigenvalue weighted by molar-refractivity contribution is 6.38. The third-order valence-electron chi connectivity index (χ3n) is 6.35. The largest absolute Gasteiger partial charge is 0.508 e. The highest BCUT2D eigenvalue weighted by atomic mass is 35.5. The lowest BCUT2D eigenvalue weighted by Crippen LogP contribution is -2.56. The zero-order valence-electron chi connectivity index (χ0n) is 17.8. The number of ether oxygens (including phenoxy) is 1. The van der Waals surface area contributed by atoms with Crippen molar-refractivity contribution in [3.8, 4) is 5.75 Å². The number of aromatic hydroxyl groups is 1. The van der Waals surface area contributed by atoms with E-state index in [-0.39, 0.29) is 5.75 Å². The minimum Gasteiger partial charge on any atom is -0.508 e. The summed E-state index contributed by atoms with van der Waals surface area (Å²) in [5.74, 6) is 0.200. The predicted molar refractivity (Wildman–Crippen MR) is 129 cm³/mol. The van der Waals surface area contributed by atoms with Gasteiger partial charge in [-0.2, -0.15) is 0 Å². The summed E-state index contributed by atoms with van der Waals surface area (Å²) in [7, 11) is 0. The average Bonchev–Trinajstić information content (AvgIpc) is 3.15. The Morgan fingerprint density at radius 3 is 2.38 bits per heavy atom. The normalized spacial score (nSPS) is 25.3. The molecule has 0 saturated carbocycles. The Bertz CT molecular complexity index is 1370. The van der Waals surface area contributed by atoms with Crippen LogP contribution in [0.2, 0.25) is 10.0 Å². The van der Waals surface area contributed by atoms with Crippen molar-refractivity contribution in [2.24, 2.45) is 0 Å². The van der Waals surface area contributed by atoms with E-state index in [0.29, 0.717) is 27.4 Å². The maximum atomic E-state index is 10.7. The van der Waals surface area contributed by atoms with Crippen LogP contribution in [0.3, 0.4) is 0 Å². The molecule has 9 heteroatoms. The van der Waals surface area contributed by atoms with Gasteiger partial charge in [-0.15, -0.1) is 0 Å². The zero-order valence-corrected chi connectivity index (χ0v) is 19.4. The molecule has 1 aliphatic rings. The number of hydrogen-bond acceptors (Lipinski definition) is 6. The van der Waals surface area contributed by atoms with Crippen molar-refractivity contribution in [3.05, 3.63) is 75.9 Å². The SMILES string of the molecule is OC[C@H]1O[C@@H](n2cc(Cc3ccc4cc(O)ccc4c3)c3c(Cl)cc(Cl)cc32)[C@H](O)[C@@H](O)[C@@H]1O. The number of nitrogens with zero attached hydrogens (tertiary/aromatic N) is 1. The Morgan fingerprint density at radius 2 is 1.62 bits per heavy atom. The van der Waals surface area contributed by atoms with Crippen molar-refractivity contribution in [2.75, 3.05) is 6.61 Å². The van der Waals surface area contributed by atoms with Crippen molar-refractivity contribution in [1.29, 1.82) is 0 Å². The molecule has 1 aromatic heterocycles. The molecule has 0 aliphatic carbocycles. The van der Waals surface area contributed by atoms with Crippen LogP contribution in [-0.2, 0) is 11.2 Å². The minimum absolute atomic E-state index is 0.200. The van der Waals surface area contributed by atoms with E-state index >= 15 is 0 Å². The van der Waals surface area contributed by atoms with E-state index in [1.807, 2.05) is 24.3 Å². The van der Waals surface area contributed by atoms with Gasteiger partial charge >= 0.3 is 0 Å². The molecule has 5 N–H and O–H groups in total. The monoisotopic (exact) mass is 503 g/mol. The van der Waals surface area contributed by atoms with Crippen LogP contribution in [0.15, 0.2) is 54.7 Å². The van der Waals surface area contributed by atoms with Crippen molar-refractivity contribution in [2.45, 2.75) is 37.1 Å². The molecule has 178 valence electrons. The van der Waals surface area contributed by atoms with Gasteiger partial charge in [0.2, 0.25) is 0 Å². The fraction of sp³-hybridized carbons (Fsp3) is 0.280. The second-order valence-electron chi connectivity index (χ2n) is 8.61. The first kappa shape index (κ1) is 23.4. The minimum atomic E-state index is -1.51. The number of phenols is 1. The highest BCUT2D eigenvalue weighted by Gasteiger charge is 2.44. The van der Waals surface area contributed by atoms with Crippen molar-refractivity contribution in [3.63, 3.8) is 0 Å². The van der Waals surface area contributed by atoms with Crippen molar-refractivity contribution < 1.29 is 30.3 Å². The van der Waals surface area contributed by atoms with E-state index in [9.17, 15) is 25.5 Å². The molecule has 0 spiro atoms. The van der Waals surface area contributed by atoms with Gasteiger partial charge in [0.15, 0.2) is 6.23 Å². The number of halogens is 2. The molecule has 0 amide bonds. The Kier molecular flexibility index (Phi) is 6.20. The van der Waals surface area contributed by atoms with Gasteiger partial charge in [-0.1, -0.05) is 47.5 Å². The predicted octanol–water partition coefficient (Wildman–Crippen LogP) is 3.37. The first-order valence-electron chi connectivity index (χ1n) is 10.8. The number of hydrogen-bond donors (Lipinski definition) is 5. The summed E-state index contributed by atoms with van der Waals surface area (Å²) in [5, 5.41) is 53.9. The second kappa shape index (κ2) is 9.02. The van der Waals surface area contributed by atoms with Gasteiger partial charge in [-0.25, -0.2) is 0 Å². The van der Waals surface area contributed by atoms with E-state index in [1.165, 1.54) is 0 Å². The van der Waals surface area contributed by atoms with Crippen LogP contribution in [-0.4, -0.2) is 61.1 Å². The van der Waals surface area contributed by atoms with Gasteiger partial charge in [0.05, 0.1) is 17.1 Å². The number of fused-ring (bicyclic) bond motifs is 2. The summed E-state index contributed by atoms with van der Waals surface area (Å²) < 4.78 is 7.41. The molecule has 1 aliphatic heterocycles. The molecule has 0 unspecified atom stereocenters. The molecule has 4 aromatic rings. The fourth-order valence-electron chi connectivity index (χ4n) is 4.65. The number of aromatic nitrogens is 1. The number of aliphatic hydroxyl groups excluding tert-OH is 4. The average molecular weight is 504 g/mol. The maximum Gasteiger partial charge on any atom is 0.163 e. The van der Waals surface area contributed by atoms with Crippen LogP contribution >= 0.6 is 23.2 Å². The number of phenolic OH excluding ortho intramolecular Hbond substituents is 1. The van der Waals surface area contributed by atoms with E-state index in [1.54, 1.807) is 35.0 Å². The van der Waals surface area contributed by atoms with E-state index in [2.05, 4.69) is 0 Å². The van der Waals surface area contributed by atoms with Crippen molar-refractivity contribution >= 4 is 44.9 Å². The highest BCUT2D eigenvalue weighted by Crippen LogP contribution is 2.38. The van der Waals surface area contributed by atoms with Gasteiger partial charge in [0, 0.05) is 16.6 Å². The van der Waals surface area contributed by atoms with Crippen LogP contribution < -0.4 is 0 Å². The van der Waals surface area contributed by atoms with Gasteiger partial charge in [0.1, 0.15) is 30.2 Å². The Morgan fingerprint density at radius 1 is 0.882 bits per heavy atom. The van der Waals surface area contributed by atoms with Crippen LogP contribution in [0.25, 0.3) is 21.7 Å². The lowest BCUT2D eigenvalue weighted by molar-refractivity contribution is -0.250. The van der Waals surface area contributed by atoms with Crippen LogP contribution in [0.4, 0.5) is 0 Å². The van der Waals surface area contributed by atoms with Crippen LogP contribution in [0.5, 0.6) is 5.75 Å². The van der Waals surface area contributed by atoms with E-state index in [4.69, 9.17) is 27.9 Å². The van der Waals surface area contributed by atoms with Crippen LogP contribution in [0.1, 0.15) is 17.4 Å². The lowest BCUT2D eigenvalue weighted by atomic mass is 9.98. The summed E-state index contributed by atoms with van der Waals surface area (Å²) >= 11 is 12.9. The molecule has 1 saturated heterocycles. The molecule has 3 aromatic carbocycles. The Balaban J connectivity index is 1.60. The Hall–Kier alpha value is -2.36. The molecule has 5 atom stereocenters. The summed E-state index contributed by atoms with van der Waals surface area (Å²) in [6.45, 7) is -0.526. The third kappa shape index (κ3) is 4.03. The van der Waals surface area contributed by atoms with Crippen LogP contribution in [0, 0.1) is 0 Å². The quantitative estimate of drug-likeness (QED) is 0.291. The maximum absolute atomic E-state index is 10.7. The van der Waals surface area contributed by atoms with Crippen molar-refractivity contribution in [1.82, 2.24) is 4.57 Å². The van der Waals surface area contributed by atoms with Gasteiger partial charge in [-0.3, -0.25) is 0 Å². The number of aliphatic hydroxyl groups is 4. The zero-order chi connectivity index (χ0) is 24.1. The van der Waals surface area contributed by atoms with E-state index < -0.39 is 37.3 Å². The number of benzene rings is 3. The molecule has 1 fully saturated rings. The lowest BCUT2D eigenvalue weighted by Gasteiger charge is -2.40. The molecule has 5 rings (SSSR count). The van der Waals surface area contributed by atoms with Gasteiger partial charge in [0.25, 0.3) is 0 Å². The van der Waals surface area contributed by atoms with E-state index in [0.717, 1.165) is 21.9 Å². The standard InChI is InChI=1S/C25H23Cl2NO6/c26-16-8-18(27)21-15(6-12-1-2-14-7-17(30)4-3-13(14)5-12)10-28(19(21)9-16)25-24(33)23(32)22(31)20(11-29)34-25/h1-5,7-10,20,22-25,29-33H,6,11H2/t20-,22-,23+,24-,25-/m1/s1. The molecular formula is C25H23Cl2NO6. The molecule has 0 radical (unpaired) electrons. The smallest absolute Gasteiger partial charge is 0.163 e. The summed E-state index contributed by atoms with van der Waals surface area (Å²) in [6.07, 6.45) is -4.27. The topological polar surface area (TPSA) is 115 Å². The molecule has 7 nitrogen and oxygen atoms in total. The second-order valence-corrected chi connectivity index (χ2v) is 9.45. The van der Waals surface area contributed by atoms with Gasteiger partial charge in [-0.05, 0) is 52.6 Å². The molecular weight excluding hydrogens is 481 g/mol. The summed E-state index contributed by atoms with van der Waals surface area (Å²) in [5.41, 5.74) is 2.42. The molecule has 34 heavy (non-hydrogen) atoms. The molecule has 2 heterocycles. The molecule has 0 bridgehead atoms. The number of rotatable bonds is 4. The summed E-state index contributed by atoms with van der Waals surface area (Å²) in [6, 6.07) is 14.4. The third-order valence-corrected chi connectivity index (χ3v) is 6.87. The van der Waals surface area contributed by atoms with Gasteiger partial charge < -0.3 is 34.8 Å².